The molecule has 1 unspecified atom stereocenters. The van der Waals surface area contributed by atoms with E-state index in [1.807, 2.05) is 12.1 Å². The Morgan fingerprint density at radius 2 is 1.73 bits per heavy atom. The summed E-state index contributed by atoms with van der Waals surface area (Å²) in [6.07, 6.45) is -0.254. The van der Waals surface area contributed by atoms with E-state index in [1.54, 1.807) is 18.2 Å². The topological polar surface area (TPSA) is 88.2 Å². The van der Waals surface area contributed by atoms with Crippen molar-refractivity contribution in [2.45, 2.75) is 75.5 Å². The van der Waals surface area contributed by atoms with Crippen LogP contribution in [0.5, 0.6) is 11.5 Å². The second-order valence-electron chi connectivity index (χ2n) is 11.0. The van der Waals surface area contributed by atoms with Gasteiger partial charge in [-0.05, 0) is 67.1 Å². The van der Waals surface area contributed by atoms with Gasteiger partial charge < -0.3 is 14.4 Å². The van der Waals surface area contributed by atoms with E-state index < -0.39 is 18.3 Å². The van der Waals surface area contributed by atoms with E-state index >= 15 is 0 Å². The summed E-state index contributed by atoms with van der Waals surface area (Å²) < 4.78 is 48.5. The van der Waals surface area contributed by atoms with Crippen molar-refractivity contribution in [2.75, 3.05) is 13.1 Å². The fourth-order valence-corrected chi connectivity index (χ4v) is 6.39. The van der Waals surface area contributed by atoms with Gasteiger partial charge in [0.15, 0.2) is 0 Å². The average molecular weight is 558 g/mol. The number of ether oxygens (including phenoxy) is 2. The summed E-state index contributed by atoms with van der Waals surface area (Å²) in [5.41, 5.74) is 2.17. The SMILES string of the molecule is O=C1CCC(N2Cc3cc(O[C@@H]4CCCC[C@H]4N4CC(c5cccc(OC(F)(F)F)c5)C4)ccc3C2=O)C(=O)N1. The zero-order chi connectivity index (χ0) is 28.0. The predicted octanol–water partition coefficient (Wildman–Crippen LogP) is 4.14. The van der Waals surface area contributed by atoms with Crippen molar-refractivity contribution in [3.05, 3.63) is 59.2 Å². The maximum absolute atomic E-state index is 13.0. The van der Waals surface area contributed by atoms with Gasteiger partial charge in [-0.2, -0.15) is 0 Å². The molecule has 0 radical (unpaired) electrons. The largest absolute Gasteiger partial charge is 0.573 e. The summed E-state index contributed by atoms with van der Waals surface area (Å²) in [6.45, 7) is 1.76. The number of carbonyl (C=O) groups is 3. The number of hydrogen-bond acceptors (Lipinski definition) is 6. The molecule has 6 rings (SSSR count). The fraction of sp³-hybridized carbons (Fsp3) is 0.483. The zero-order valence-electron chi connectivity index (χ0n) is 21.8. The molecule has 8 nitrogen and oxygen atoms in total. The van der Waals surface area contributed by atoms with E-state index in [4.69, 9.17) is 4.74 Å². The van der Waals surface area contributed by atoms with Gasteiger partial charge in [0.2, 0.25) is 11.8 Å². The van der Waals surface area contributed by atoms with Gasteiger partial charge in [0, 0.05) is 43.6 Å². The first-order valence-electron chi connectivity index (χ1n) is 13.7. The fourth-order valence-electron chi connectivity index (χ4n) is 6.39. The number of hydrogen-bond donors (Lipinski definition) is 1. The molecular formula is C29H30F3N3O5. The summed E-state index contributed by atoms with van der Waals surface area (Å²) >= 11 is 0. The van der Waals surface area contributed by atoms with Crippen LogP contribution in [0.25, 0.3) is 0 Å². The molecule has 2 aromatic carbocycles. The van der Waals surface area contributed by atoms with Gasteiger partial charge in [-0.25, -0.2) is 0 Å². The van der Waals surface area contributed by atoms with Crippen molar-refractivity contribution in [1.82, 2.24) is 15.1 Å². The predicted molar refractivity (Wildman–Crippen MR) is 137 cm³/mol. The highest BCUT2D eigenvalue weighted by molar-refractivity contribution is 6.05. The van der Waals surface area contributed by atoms with E-state index in [2.05, 4.69) is 15.0 Å². The lowest BCUT2D eigenvalue weighted by atomic mass is 9.84. The Balaban J connectivity index is 1.09. The molecule has 0 bridgehead atoms. The summed E-state index contributed by atoms with van der Waals surface area (Å²) in [4.78, 5) is 40.7. The lowest BCUT2D eigenvalue weighted by molar-refractivity contribution is -0.274. The first-order chi connectivity index (χ1) is 19.1. The van der Waals surface area contributed by atoms with E-state index in [9.17, 15) is 27.6 Å². The van der Waals surface area contributed by atoms with E-state index in [0.717, 1.165) is 49.9 Å². The van der Waals surface area contributed by atoms with Crippen molar-refractivity contribution < 1.29 is 37.0 Å². The average Bonchev–Trinajstić information content (AvgIpc) is 3.19. The maximum Gasteiger partial charge on any atom is 0.573 e. The van der Waals surface area contributed by atoms with Crippen LogP contribution in [-0.4, -0.2) is 65.2 Å². The van der Waals surface area contributed by atoms with Crippen molar-refractivity contribution in [3.63, 3.8) is 0 Å². The minimum Gasteiger partial charge on any atom is -0.489 e. The Bertz CT molecular complexity index is 1330. The first kappa shape index (κ1) is 26.6. The number of benzene rings is 2. The lowest BCUT2D eigenvalue weighted by Gasteiger charge is -2.48. The van der Waals surface area contributed by atoms with Crippen LogP contribution in [0, 0.1) is 0 Å². The molecule has 4 aliphatic rings. The van der Waals surface area contributed by atoms with Crippen molar-refractivity contribution in [1.29, 1.82) is 0 Å². The number of amides is 3. The number of nitrogens with zero attached hydrogens (tertiary/aromatic N) is 2. The first-order valence-corrected chi connectivity index (χ1v) is 13.7. The number of halogens is 3. The monoisotopic (exact) mass is 557 g/mol. The number of piperidine rings is 1. The molecule has 11 heteroatoms. The zero-order valence-corrected chi connectivity index (χ0v) is 21.8. The molecule has 3 amide bonds. The van der Waals surface area contributed by atoms with Crippen LogP contribution in [0.15, 0.2) is 42.5 Å². The highest BCUT2D eigenvalue weighted by Crippen LogP contribution is 2.37. The van der Waals surface area contributed by atoms with Crippen LogP contribution in [0.2, 0.25) is 0 Å². The van der Waals surface area contributed by atoms with Gasteiger partial charge in [-0.3, -0.25) is 24.6 Å². The second kappa shape index (κ2) is 10.4. The molecule has 3 heterocycles. The number of likely N-dealkylation sites (tertiary alicyclic amines) is 1. The van der Waals surface area contributed by atoms with E-state index in [-0.39, 0.29) is 48.6 Å². The Kier molecular flexibility index (Phi) is 6.93. The van der Waals surface area contributed by atoms with Gasteiger partial charge in [-0.15, -0.1) is 13.2 Å². The molecule has 1 aliphatic carbocycles. The minimum absolute atomic E-state index is 0.0454. The molecule has 3 fully saturated rings. The van der Waals surface area contributed by atoms with Crippen LogP contribution < -0.4 is 14.8 Å². The van der Waals surface area contributed by atoms with Crippen LogP contribution in [0.3, 0.4) is 0 Å². The van der Waals surface area contributed by atoms with Gasteiger partial charge in [0.1, 0.15) is 23.6 Å². The molecule has 3 atom stereocenters. The van der Waals surface area contributed by atoms with Gasteiger partial charge >= 0.3 is 6.36 Å². The van der Waals surface area contributed by atoms with Crippen LogP contribution in [-0.2, 0) is 16.1 Å². The Morgan fingerprint density at radius 3 is 2.50 bits per heavy atom. The normalized spacial score (nSPS) is 25.8. The number of alkyl halides is 3. The molecule has 40 heavy (non-hydrogen) atoms. The third kappa shape index (κ3) is 5.39. The number of carbonyl (C=O) groups excluding carboxylic acids is 3. The van der Waals surface area contributed by atoms with Gasteiger partial charge in [0.05, 0.1) is 0 Å². The molecule has 2 aromatic rings. The maximum atomic E-state index is 13.0. The standard InChI is InChI=1S/C29H30F3N3O5/c30-29(31,32)40-21-5-3-4-17(12-21)19-14-34(15-19)23-6-1-2-7-25(23)39-20-8-9-22-18(13-20)16-35(28(22)38)24-10-11-26(36)33-27(24)37/h3-5,8-9,12-13,19,23-25H,1-2,6-7,10-11,14-16H2,(H,33,36,37)/t23-,24?,25-/m1/s1. The van der Waals surface area contributed by atoms with E-state index in [0.29, 0.717) is 17.7 Å². The lowest BCUT2D eigenvalue weighted by Crippen LogP contribution is -2.57. The third-order valence-corrected chi connectivity index (χ3v) is 8.39. The van der Waals surface area contributed by atoms with Crippen LogP contribution >= 0.6 is 0 Å². The molecule has 1 N–H and O–H groups in total. The van der Waals surface area contributed by atoms with E-state index in [1.165, 1.54) is 17.0 Å². The van der Waals surface area contributed by atoms with Crippen LogP contribution in [0.4, 0.5) is 13.2 Å². The quantitative estimate of drug-likeness (QED) is 0.538. The number of rotatable bonds is 6. The molecular weight excluding hydrogens is 527 g/mol. The smallest absolute Gasteiger partial charge is 0.489 e. The molecule has 0 spiro atoms. The number of fused-ring (bicyclic) bond motifs is 1. The van der Waals surface area contributed by atoms with Crippen LogP contribution in [0.1, 0.15) is 65.9 Å². The summed E-state index contributed by atoms with van der Waals surface area (Å²) in [7, 11) is 0. The Labute approximate surface area is 229 Å². The summed E-state index contributed by atoms with van der Waals surface area (Å²) in [5, 5.41) is 2.32. The van der Waals surface area contributed by atoms with Crippen molar-refractivity contribution >= 4 is 17.7 Å². The number of nitrogens with one attached hydrogen (secondary N) is 1. The molecule has 212 valence electrons. The summed E-state index contributed by atoms with van der Waals surface area (Å²) in [5.74, 6) is -0.380. The molecule has 0 aromatic heterocycles. The molecule has 1 saturated carbocycles. The number of imide groups is 1. The van der Waals surface area contributed by atoms with Crippen molar-refractivity contribution in [3.8, 4) is 11.5 Å². The molecule has 3 aliphatic heterocycles. The highest BCUT2D eigenvalue weighted by atomic mass is 19.4. The molecule has 2 saturated heterocycles. The highest BCUT2D eigenvalue weighted by Gasteiger charge is 2.41. The van der Waals surface area contributed by atoms with Crippen molar-refractivity contribution in [2.24, 2.45) is 0 Å². The van der Waals surface area contributed by atoms with Gasteiger partial charge in [-0.1, -0.05) is 18.6 Å². The van der Waals surface area contributed by atoms with Gasteiger partial charge in [0.25, 0.3) is 5.91 Å². The Hall–Kier alpha value is -3.60. The Morgan fingerprint density at radius 1 is 0.925 bits per heavy atom. The summed E-state index contributed by atoms with van der Waals surface area (Å²) in [6, 6.07) is 11.1. The minimum atomic E-state index is -4.72. The third-order valence-electron chi connectivity index (χ3n) is 8.39. The second-order valence-corrected chi connectivity index (χ2v) is 11.0.